The molecule has 0 aromatic carbocycles. The highest BCUT2D eigenvalue weighted by molar-refractivity contribution is 5.82. The molecular weight excluding hydrogens is 236 g/mol. The molecule has 0 aromatic heterocycles. The highest BCUT2D eigenvalue weighted by Gasteiger charge is 2.24. The zero-order valence-electron chi connectivity index (χ0n) is 11.3. The Balaban J connectivity index is 2.42. The lowest BCUT2D eigenvalue weighted by molar-refractivity contribution is -0.139. The van der Waals surface area contributed by atoms with Crippen molar-refractivity contribution in [1.82, 2.24) is 9.80 Å². The lowest BCUT2D eigenvalue weighted by Crippen LogP contribution is -2.49. The number of likely N-dealkylation sites (N-methyl/N-ethyl adjacent to an activating group) is 1. The van der Waals surface area contributed by atoms with Crippen molar-refractivity contribution in [1.29, 1.82) is 0 Å². The molecule has 0 bridgehead atoms. The van der Waals surface area contributed by atoms with Gasteiger partial charge in [0.2, 0.25) is 5.91 Å². The number of amides is 2. The quantitative estimate of drug-likeness (QED) is 0.745. The maximum absolute atomic E-state index is 12.0. The van der Waals surface area contributed by atoms with E-state index in [2.05, 4.69) is 0 Å². The maximum atomic E-state index is 12.0. The molecule has 18 heavy (non-hydrogen) atoms. The second-order valence-corrected chi connectivity index (χ2v) is 4.30. The molecule has 1 aliphatic rings. The minimum absolute atomic E-state index is 0.0509. The molecule has 1 aliphatic heterocycles. The Morgan fingerprint density at radius 1 is 1.44 bits per heavy atom. The van der Waals surface area contributed by atoms with Crippen LogP contribution < -0.4 is 0 Å². The fraction of sp³-hybridized carbons (Fsp3) is 0.833. The molecule has 0 radical (unpaired) electrons. The van der Waals surface area contributed by atoms with E-state index in [0.29, 0.717) is 26.3 Å². The Labute approximate surface area is 108 Å². The summed E-state index contributed by atoms with van der Waals surface area (Å²) in [5, 5.41) is 0. The van der Waals surface area contributed by atoms with E-state index >= 15 is 0 Å². The van der Waals surface area contributed by atoms with Gasteiger partial charge >= 0.3 is 6.09 Å². The smallest absolute Gasteiger partial charge is 0.409 e. The Bertz CT molecular complexity index is 296. The molecule has 104 valence electrons. The third-order valence-corrected chi connectivity index (χ3v) is 2.90. The van der Waals surface area contributed by atoms with Crippen LogP contribution in [0.1, 0.15) is 20.3 Å². The predicted molar refractivity (Wildman–Crippen MR) is 66.3 cm³/mol. The van der Waals surface area contributed by atoms with E-state index in [1.54, 1.807) is 18.9 Å². The van der Waals surface area contributed by atoms with Crippen LogP contribution in [0, 0.1) is 0 Å². The molecule has 1 atom stereocenters. The van der Waals surface area contributed by atoms with Crippen molar-refractivity contribution < 1.29 is 19.1 Å². The third kappa shape index (κ3) is 4.18. The summed E-state index contributed by atoms with van der Waals surface area (Å²) in [6.07, 6.45) is 0.527. The Hall–Kier alpha value is -1.30. The van der Waals surface area contributed by atoms with Crippen LogP contribution in [0.3, 0.4) is 0 Å². The molecule has 0 spiro atoms. The van der Waals surface area contributed by atoms with E-state index in [4.69, 9.17) is 9.47 Å². The Morgan fingerprint density at radius 3 is 2.78 bits per heavy atom. The Kier molecular flexibility index (Phi) is 5.91. The van der Waals surface area contributed by atoms with Crippen LogP contribution in [0.4, 0.5) is 4.79 Å². The van der Waals surface area contributed by atoms with Gasteiger partial charge in [-0.05, 0) is 13.3 Å². The molecule has 0 N–H and O–H groups in total. The molecule has 0 saturated carbocycles. The van der Waals surface area contributed by atoms with Crippen molar-refractivity contribution in [3.05, 3.63) is 0 Å². The molecular formula is C12H22N2O4. The fourth-order valence-electron chi connectivity index (χ4n) is 1.79. The highest BCUT2D eigenvalue weighted by Crippen LogP contribution is 2.08. The predicted octanol–water partition coefficient (Wildman–Crippen LogP) is 0.712. The summed E-state index contributed by atoms with van der Waals surface area (Å²) in [7, 11) is 1.56. The Morgan fingerprint density at radius 2 is 2.17 bits per heavy atom. The van der Waals surface area contributed by atoms with Crippen molar-refractivity contribution in [3.8, 4) is 0 Å². The van der Waals surface area contributed by atoms with E-state index in [0.717, 1.165) is 6.42 Å². The van der Waals surface area contributed by atoms with Gasteiger partial charge in [0.25, 0.3) is 0 Å². The summed E-state index contributed by atoms with van der Waals surface area (Å²) < 4.78 is 10.3. The molecule has 0 aliphatic carbocycles. The van der Waals surface area contributed by atoms with Crippen LogP contribution in [-0.4, -0.2) is 67.8 Å². The third-order valence-electron chi connectivity index (χ3n) is 2.90. The zero-order valence-corrected chi connectivity index (χ0v) is 11.3. The second-order valence-electron chi connectivity index (χ2n) is 4.30. The van der Waals surface area contributed by atoms with Crippen LogP contribution in [0.5, 0.6) is 0 Å². The van der Waals surface area contributed by atoms with Crippen molar-refractivity contribution in [2.24, 2.45) is 0 Å². The van der Waals surface area contributed by atoms with Crippen LogP contribution in [0.2, 0.25) is 0 Å². The van der Waals surface area contributed by atoms with E-state index in [9.17, 15) is 9.59 Å². The highest BCUT2D eigenvalue weighted by atomic mass is 16.6. The molecule has 2 amide bonds. The van der Waals surface area contributed by atoms with Gasteiger partial charge in [-0.25, -0.2) is 4.79 Å². The van der Waals surface area contributed by atoms with Gasteiger partial charge in [0, 0.05) is 20.1 Å². The number of carbonyl (C=O) groups is 2. The van der Waals surface area contributed by atoms with Crippen LogP contribution in [0.25, 0.3) is 0 Å². The first-order valence-corrected chi connectivity index (χ1v) is 6.35. The van der Waals surface area contributed by atoms with Crippen molar-refractivity contribution >= 4 is 12.0 Å². The molecule has 0 unspecified atom stereocenters. The van der Waals surface area contributed by atoms with Gasteiger partial charge in [0.15, 0.2) is 0 Å². The largest absolute Gasteiger partial charge is 0.450 e. The topological polar surface area (TPSA) is 59.1 Å². The number of nitrogens with zero attached hydrogens (tertiary/aromatic N) is 2. The number of morpholine rings is 1. The first-order valence-electron chi connectivity index (χ1n) is 6.35. The van der Waals surface area contributed by atoms with Crippen LogP contribution in [-0.2, 0) is 14.3 Å². The van der Waals surface area contributed by atoms with Crippen molar-refractivity contribution in [2.75, 3.05) is 39.9 Å². The summed E-state index contributed by atoms with van der Waals surface area (Å²) in [6.45, 7) is 5.89. The molecule has 1 saturated heterocycles. The maximum Gasteiger partial charge on any atom is 0.409 e. The van der Waals surface area contributed by atoms with Gasteiger partial charge in [-0.15, -0.1) is 0 Å². The first kappa shape index (κ1) is 14.8. The summed E-state index contributed by atoms with van der Waals surface area (Å²) in [5.74, 6) is -0.0627. The lowest BCUT2D eigenvalue weighted by atomic mass is 10.2. The molecule has 1 rings (SSSR count). The van der Waals surface area contributed by atoms with E-state index in [1.165, 1.54) is 4.90 Å². The molecule has 6 heteroatoms. The molecule has 1 heterocycles. The minimum atomic E-state index is -0.467. The average molecular weight is 258 g/mol. The van der Waals surface area contributed by atoms with Gasteiger partial charge in [-0.2, -0.15) is 0 Å². The lowest BCUT2D eigenvalue weighted by Gasteiger charge is -2.33. The van der Waals surface area contributed by atoms with Crippen molar-refractivity contribution in [2.45, 2.75) is 26.4 Å². The number of rotatable bonds is 4. The van der Waals surface area contributed by atoms with Gasteiger partial charge < -0.3 is 19.3 Å². The normalized spacial score (nSPS) is 19.5. The summed E-state index contributed by atoms with van der Waals surface area (Å²) >= 11 is 0. The SMILES string of the molecule is CCOC(=O)N(C)CC(=O)N1CCO[C@H](CC)C1. The first-order chi connectivity index (χ1) is 8.58. The van der Waals surface area contributed by atoms with Gasteiger partial charge in [0.1, 0.15) is 6.54 Å². The zero-order chi connectivity index (χ0) is 13.5. The van der Waals surface area contributed by atoms with Gasteiger partial charge in [0.05, 0.1) is 19.3 Å². The van der Waals surface area contributed by atoms with Gasteiger partial charge in [-0.3, -0.25) is 4.79 Å². The average Bonchev–Trinajstić information content (AvgIpc) is 2.39. The number of hydrogen-bond donors (Lipinski definition) is 0. The summed E-state index contributed by atoms with van der Waals surface area (Å²) in [6, 6.07) is 0. The molecule has 6 nitrogen and oxygen atoms in total. The molecule has 0 aromatic rings. The van der Waals surface area contributed by atoms with Crippen molar-refractivity contribution in [3.63, 3.8) is 0 Å². The summed E-state index contributed by atoms with van der Waals surface area (Å²) in [5.41, 5.74) is 0. The van der Waals surface area contributed by atoms with Crippen LogP contribution in [0.15, 0.2) is 0 Å². The van der Waals surface area contributed by atoms with E-state index in [-0.39, 0.29) is 18.6 Å². The number of ether oxygens (including phenoxy) is 2. The van der Waals surface area contributed by atoms with E-state index < -0.39 is 6.09 Å². The number of carbonyl (C=O) groups excluding carboxylic acids is 2. The van der Waals surface area contributed by atoms with E-state index in [1.807, 2.05) is 6.92 Å². The second kappa shape index (κ2) is 7.20. The van der Waals surface area contributed by atoms with Crippen LogP contribution >= 0.6 is 0 Å². The monoisotopic (exact) mass is 258 g/mol. The molecule has 1 fully saturated rings. The fourth-order valence-corrected chi connectivity index (χ4v) is 1.79. The number of hydrogen-bond acceptors (Lipinski definition) is 4. The minimum Gasteiger partial charge on any atom is -0.450 e. The standard InChI is InChI=1S/C12H22N2O4/c1-4-10-8-14(6-7-18-10)11(15)9-13(3)12(16)17-5-2/h10H,4-9H2,1-3H3/t10-/m1/s1. The summed E-state index contributed by atoms with van der Waals surface area (Å²) in [4.78, 5) is 26.4. The van der Waals surface area contributed by atoms with Gasteiger partial charge in [-0.1, -0.05) is 6.92 Å².